The molecule has 0 bridgehead atoms. The number of nitrogens with zero attached hydrogens (tertiary/aromatic N) is 1. The molecule has 1 aliphatic rings. The fraction of sp³-hybridized carbons (Fsp3) is 0.500. The van der Waals surface area contributed by atoms with Gasteiger partial charge in [0.2, 0.25) is 11.8 Å². The Bertz CT molecular complexity index is 591. The number of amides is 2. The molecule has 0 aromatic heterocycles. The van der Waals surface area contributed by atoms with Crippen LogP contribution < -0.4 is 10.2 Å². The number of hydrogen-bond donors (Lipinski definition) is 1. The molecule has 2 rings (SSSR count). The summed E-state index contributed by atoms with van der Waals surface area (Å²) in [4.78, 5) is 26.3. The second-order valence-electron chi connectivity index (χ2n) is 5.68. The summed E-state index contributed by atoms with van der Waals surface area (Å²) < 4.78 is 18.2. The van der Waals surface area contributed by atoms with Crippen molar-refractivity contribution in [2.24, 2.45) is 0 Å². The van der Waals surface area contributed by atoms with Gasteiger partial charge in [0.05, 0.1) is 6.61 Å². The average Bonchev–Trinajstić information content (AvgIpc) is 2.77. The molecule has 5 nitrogen and oxygen atoms in total. The van der Waals surface area contributed by atoms with Crippen molar-refractivity contribution in [2.45, 2.75) is 32.2 Å². The number of anilines is 1. The summed E-state index contributed by atoms with van der Waals surface area (Å²) in [6, 6.07) is 4.22. The molecule has 1 heterocycles. The molecule has 2 amide bonds. The molecule has 0 aliphatic carbocycles. The van der Waals surface area contributed by atoms with E-state index < -0.39 is 5.54 Å². The van der Waals surface area contributed by atoms with Gasteiger partial charge in [-0.25, -0.2) is 4.39 Å². The number of halogens is 1. The Morgan fingerprint density at radius 3 is 2.86 bits per heavy atom. The van der Waals surface area contributed by atoms with E-state index >= 15 is 0 Å². The van der Waals surface area contributed by atoms with Gasteiger partial charge in [0.15, 0.2) is 0 Å². The minimum absolute atomic E-state index is 0.126. The number of aryl methyl sites for hydroxylation is 1. The van der Waals surface area contributed by atoms with Gasteiger partial charge in [0, 0.05) is 25.8 Å². The smallest absolute Gasteiger partial charge is 0.246 e. The highest BCUT2D eigenvalue weighted by Gasteiger charge is 2.48. The largest absolute Gasteiger partial charge is 0.383 e. The zero-order valence-electron chi connectivity index (χ0n) is 13.1. The van der Waals surface area contributed by atoms with Crippen LogP contribution in [0.5, 0.6) is 0 Å². The number of ether oxygens (including phenoxy) is 1. The highest BCUT2D eigenvalue weighted by Crippen LogP contribution is 2.37. The maximum Gasteiger partial charge on any atom is 0.246 e. The third-order valence-electron chi connectivity index (χ3n) is 4.05. The summed E-state index contributed by atoms with van der Waals surface area (Å²) in [5.74, 6) is -0.711. The van der Waals surface area contributed by atoms with E-state index in [4.69, 9.17) is 4.74 Å². The number of carbonyl (C=O) groups is 2. The first-order valence-electron chi connectivity index (χ1n) is 7.26. The van der Waals surface area contributed by atoms with Crippen molar-refractivity contribution < 1.29 is 18.7 Å². The van der Waals surface area contributed by atoms with Gasteiger partial charge in [-0.2, -0.15) is 0 Å². The van der Waals surface area contributed by atoms with Crippen LogP contribution in [-0.4, -0.2) is 37.6 Å². The summed E-state index contributed by atoms with van der Waals surface area (Å²) in [5, 5.41) is 2.79. The van der Waals surface area contributed by atoms with Gasteiger partial charge in [-0.05, 0) is 44.0 Å². The Morgan fingerprint density at radius 1 is 1.50 bits per heavy atom. The van der Waals surface area contributed by atoms with E-state index in [9.17, 15) is 14.0 Å². The van der Waals surface area contributed by atoms with Crippen LogP contribution in [0.4, 0.5) is 10.1 Å². The zero-order chi connectivity index (χ0) is 16.3. The molecule has 1 aliphatic heterocycles. The van der Waals surface area contributed by atoms with E-state index in [1.165, 1.54) is 17.0 Å². The molecule has 1 aromatic rings. The van der Waals surface area contributed by atoms with Gasteiger partial charge in [-0.3, -0.25) is 14.5 Å². The topological polar surface area (TPSA) is 58.6 Å². The molecule has 22 heavy (non-hydrogen) atoms. The van der Waals surface area contributed by atoms with E-state index in [1.807, 2.05) is 0 Å². The number of hydrogen-bond acceptors (Lipinski definition) is 3. The maximum atomic E-state index is 13.3. The molecule has 1 aromatic carbocycles. The first kappa shape index (κ1) is 16.4. The van der Waals surface area contributed by atoms with Crippen molar-refractivity contribution in [1.29, 1.82) is 0 Å². The minimum Gasteiger partial charge on any atom is -0.383 e. The molecule has 0 radical (unpaired) electrons. The van der Waals surface area contributed by atoms with E-state index in [0.29, 0.717) is 37.2 Å². The molecule has 0 saturated carbocycles. The lowest BCUT2D eigenvalue weighted by atomic mass is 9.96. The number of methoxy groups -OCH3 is 1. The van der Waals surface area contributed by atoms with Crippen LogP contribution in [0.25, 0.3) is 0 Å². The lowest BCUT2D eigenvalue weighted by Crippen LogP contribution is -2.55. The fourth-order valence-electron chi connectivity index (χ4n) is 2.79. The second-order valence-corrected chi connectivity index (χ2v) is 5.68. The summed E-state index contributed by atoms with van der Waals surface area (Å²) >= 11 is 0. The molecule has 6 heteroatoms. The van der Waals surface area contributed by atoms with Crippen LogP contribution in [0.1, 0.15) is 25.3 Å². The van der Waals surface area contributed by atoms with Crippen LogP contribution >= 0.6 is 0 Å². The molecule has 1 saturated heterocycles. The van der Waals surface area contributed by atoms with Crippen LogP contribution in [0.15, 0.2) is 18.2 Å². The normalized spacial score (nSPS) is 21.3. The van der Waals surface area contributed by atoms with Crippen molar-refractivity contribution in [2.75, 3.05) is 25.2 Å². The third-order valence-corrected chi connectivity index (χ3v) is 4.05. The Morgan fingerprint density at radius 2 is 2.23 bits per heavy atom. The van der Waals surface area contributed by atoms with Crippen molar-refractivity contribution >= 4 is 17.5 Å². The van der Waals surface area contributed by atoms with E-state index in [0.717, 1.165) is 0 Å². The maximum absolute atomic E-state index is 13.3. The van der Waals surface area contributed by atoms with Gasteiger partial charge in [0.1, 0.15) is 11.4 Å². The fourth-order valence-corrected chi connectivity index (χ4v) is 2.79. The summed E-state index contributed by atoms with van der Waals surface area (Å²) in [5.41, 5.74) is 0.243. The highest BCUT2D eigenvalue weighted by molar-refractivity contribution is 6.06. The SMILES string of the molecule is COCCNC(=O)[C@]1(C)CCC(=O)N1c1ccc(F)cc1C. The van der Waals surface area contributed by atoms with Crippen LogP contribution in [0, 0.1) is 12.7 Å². The third kappa shape index (κ3) is 2.97. The average molecular weight is 308 g/mol. The highest BCUT2D eigenvalue weighted by atomic mass is 19.1. The Kier molecular flexibility index (Phi) is 4.81. The predicted molar refractivity (Wildman–Crippen MR) is 81.1 cm³/mol. The van der Waals surface area contributed by atoms with Crippen LogP contribution in [-0.2, 0) is 14.3 Å². The lowest BCUT2D eigenvalue weighted by Gasteiger charge is -2.34. The monoisotopic (exact) mass is 308 g/mol. The molecule has 1 atom stereocenters. The van der Waals surface area contributed by atoms with Crippen LogP contribution in [0.3, 0.4) is 0 Å². The van der Waals surface area contributed by atoms with Gasteiger partial charge in [0.25, 0.3) is 0 Å². The molecular formula is C16H21FN2O3. The summed E-state index contributed by atoms with van der Waals surface area (Å²) in [6.07, 6.45) is 0.729. The van der Waals surface area contributed by atoms with Crippen molar-refractivity contribution in [3.05, 3.63) is 29.6 Å². The standard InChI is InChI=1S/C16H21FN2O3/c1-11-10-12(17)4-5-13(11)19-14(20)6-7-16(19,2)15(21)18-8-9-22-3/h4-5,10H,6-9H2,1-3H3,(H,18,21)/t16-/m0/s1. The molecule has 0 unspecified atom stereocenters. The van der Waals surface area contributed by atoms with Gasteiger partial charge in [-0.1, -0.05) is 0 Å². The van der Waals surface area contributed by atoms with E-state index in [2.05, 4.69) is 5.32 Å². The predicted octanol–water partition coefficient (Wildman–Crippen LogP) is 1.78. The zero-order valence-corrected chi connectivity index (χ0v) is 13.1. The molecule has 1 N–H and O–H groups in total. The van der Waals surface area contributed by atoms with Gasteiger partial charge >= 0.3 is 0 Å². The number of nitrogens with one attached hydrogen (secondary N) is 1. The summed E-state index contributed by atoms with van der Waals surface area (Å²) in [7, 11) is 1.56. The van der Waals surface area contributed by atoms with Crippen LogP contribution in [0.2, 0.25) is 0 Å². The Hall–Kier alpha value is -1.95. The lowest BCUT2D eigenvalue weighted by molar-refractivity contribution is -0.127. The second kappa shape index (κ2) is 6.44. The van der Waals surface area contributed by atoms with Crippen molar-refractivity contribution in [3.8, 4) is 0 Å². The minimum atomic E-state index is -0.965. The van der Waals surface area contributed by atoms with E-state index in [-0.39, 0.29) is 17.6 Å². The van der Waals surface area contributed by atoms with Crippen molar-refractivity contribution in [1.82, 2.24) is 5.32 Å². The molecule has 1 fully saturated rings. The first-order valence-corrected chi connectivity index (χ1v) is 7.26. The van der Waals surface area contributed by atoms with Crippen molar-refractivity contribution in [3.63, 3.8) is 0 Å². The number of rotatable bonds is 5. The number of benzene rings is 1. The molecule has 0 spiro atoms. The Labute approximate surface area is 129 Å². The van der Waals surface area contributed by atoms with Gasteiger partial charge in [-0.15, -0.1) is 0 Å². The first-order chi connectivity index (χ1) is 10.4. The summed E-state index contributed by atoms with van der Waals surface area (Å²) in [6.45, 7) is 4.26. The quantitative estimate of drug-likeness (QED) is 0.844. The van der Waals surface area contributed by atoms with Gasteiger partial charge < -0.3 is 10.1 Å². The van der Waals surface area contributed by atoms with E-state index in [1.54, 1.807) is 27.0 Å². The number of carbonyl (C=O) groups excluding carboxylic acids is 2. The Balaban J connectivity index is 2.30. The molecule has 120 valence electrons. The molecular weight excluding hydrogens is 287 g/mol.